The van der Waals surface area contributed by atoms with Gasteiger partial charge in [-0.15, -0.1) is 0 Å². The number of carbonyl (C=O) groups excluding carboxylic acids is 1. The second kappa shape index (κ2) is 7.71. The molecule has 0 aliphatic rings. The van der Waals surface area contributed by atoms with Crippen LogP contribution in [0.2, 0.25) is 0 Å². The van der Waals surface area contributed by atoms with Crippen molar-refractivity contribution in [3.63, 3.8) is 0 Å². The van der Waals surface area contributed by atoms with Crippen molar-refractivity contribution >= 4 is 5.91 Å². The molecule has 18 heavy (non-hydrogen) atoms. The molecule has 0 saturated heterocycles. The predicted octanol–water partition coefficient (Wildman–Crippen LogP) is 1.95. The average molecular weight is 251 g/mol. The van der Waals surface area contributed by atoms with Gasteiger partial charge in [-0.25, -0.2) is 0 Å². The van der Waals surface area contributed by atoms with Crippen LogP contribution in [-0.4, -0.2) is 33.3 Å². The van der Waals surface area contributed by atoms with Crippen LogP contribution in [0.3, 0.4) is 0 Å². The van der Waals surface area contributed by atoms with Crippen molar-refractivity contribution in [3.8, 4) is 5.75 Å². The number of amides is 1. The van der Waals surface area contributed by atoms with Crippen molar-refractivity contribution in [3.05, 3.63) is 29.8 Å². The molecule has 4 heteroatoms. The molecule has 0 aliphatic heterocycles. The Morgan fingerprint density at radius 1 is 1.28 bits per heavy atom. The molecule has 0 radical (unpaired) electrons. The fourth-order valence-corrected chi connectivity index (χ4v) is 1.71. The highest BCUT2D eigenvalue weighted by Gasteiger charge is 2.06. The minimum Gasteiger partial charge on any atom is -0.497 e. The van der Waals surface area contributed by atoms with E-state index in [1.54, 1.807) is 7.11 Å². The molecule has 1 aromatic carbocycles. The van der Waals surface area contributed by atoms with E-state index in [1.165, 1.54) is 12.7 Å². The number of rotatable bonds is 7. The zero-order chi connectivity index (χ0) is 13.4. The summed E-state index contributed by atoms with van der Waals surface area (Å²) in [5, 5.41) is 2.82. The zero-order valence-electron chi connectivity index (χ0n) is 11.2. The monoisotopic (exact) mass is 251 g/mol. The van der Waals surface area contributed by atoms with E-state index in [0.29, 0.717) is 12.5 Å². The van der Waals surface area contributed by atoms with Crippen LogP contribution in [0.25, 0.3) is 0 Å². The van der Waals surface area contributed by atoms with Gasteiger partial charge in [-0.2, -0.15) is 0 Å². The van der Waals surface area contributed by atoms with E-state index in [9.17, 15) is 4.79 Å². The summed E-state index contributed by atoms with van der Waals surface area (Å²) in [6.07, 6.45) is 0.905. The smallest absolute Gasteiger partial charge is 0.245 e. The van der Waals surface area contributed by atoms with Crippen molar-refractivity contribution in [2.75, 3.05) is 27.4 Å². The second-order valence-electron chi connectivity index (χ2n) is 4.25. The SMILES string of the molecule is COCC(=O)NCC[C@@H](C)c1ccc(OC)cc1. The zero-order valence-corrected chi connectivity index (χ0v) is 11.2. The number of hydrogen-bond acceptors (Lipinski definition) is 3. The van der Waals surface area contributed by atoms with E-state index in [0.717, 1.165) is 12.2 Å². The summed E-state index contributed by atoms with van der Waals surface area (Å²) < 4.78 is 9.86. The molecule has 1 amide bonds. The van der Waals surface area contributed by atoms with Crippen LogP contribution in [0, 0.1) is 0 Å². The van der Waals surface area contributed by atoms with Gasteiger partial charge in [0.1, 0.15) is 12.4 Å². The molecule has 1 atom stereocenters. The maximum Gasteiger partial charge on any atom is 0.245 e. The molecule has 1 rings (SSSR count). The van der Waals surface area contributed by atoms with Crippen molar-refractivity contribution < 1.29 is 14.3 Å². The second-order valence-corrected chi connectivity index (χ2v) is 4.25. The van der Waals surface area contributed by atoms with Gasteiger partial charge in [0.15, 0.2) is 0 Å². The van der Waals surface area contributed by atoms with E-state index in [1.807, 2.05) is 12.1 Å². The summed E-state index contributed by atoms with van der Waals surface area (Å²) in [5.74, 6) is 1.19. The maximum atomic E-state index is 11.2. The number of benzene rings is 1. The number of methoxy groups -OCH3 is 2. The van der Waals surface area contributed by atoms with Crippen LogP contribution < -0.4 is 10.1 Å². The average Bonchev–Trinajstić information content (AvgIpc) is 2.39. The molecule has 4 nitrogen and oxygen atoms in total. The van der Waals surface area contributed by atoms with Gasteiger partial charge >= 0.3 is 0 Å². The van der Waals surface area contributed by atoms with E-state index >= 15 is 0 Å². The van der Waals surface area contributed by atoms with Gasteiger partial charge < -0.3 is 14.8 Å². The van der Waals surface area contributed by atoms with E-state index < -0.39 is 0 Å². The van der Waals surface area contributed by atoms with Crippen LogP contribution in [0.15, 0.2) is 24.3 Å². The largest absolute Gasteiger partial charge is 0.497 e. The fraction of sp³-hybridized carbons (Fsp3) is 0.500. The molecule has 0 spiro atoms. The van der Waals surface area contributed by atoms with Gasteiger partial charge in [-0.05, 0) is 30.0 Å². The third-order valence-electron chi connectivity index (χ3n) is 2.86. The van der Waals surface area contributed by atoms with Crippen molar-refractivity contribution in [1.82, 2.24) is 5.32 Å². The van der Waals surface area contributed by atoms with Crippen molar-refractivity contribution in [2.45, 2.75) is 19.3 Å². The number of nitrogens with one attached hydrogen (secondary N) is 1. The molecule has 0 aliphatic carbocycles. The number of hydrogen-bond donors (Lipinski definition) is 1. The lowest BCUT2D eigenvalue weighted by Gasteiger charge is -2.13. The first-order valence-electron chi connectivity index (χ1n) is 6.07. The molecule has 0 aromatic heterocycles. The highest BCUT2D eigenvalue weighted by Crippen LogP contribution is 2.21. The summed E-state index contributed by atoms with van der Waals surface area (Å²) in [4.78, 5) is 11.2. The van der Waals surface area contributed by atoms with Gasteiger partial charge in [0.05, 0.1) is 7.11 Å². The number of carbonyl (C=O) groups is 1. The standard InChI is InChI=1S/C14H21NO3/c1-11(8-9-15-14(16)10-17-2)12-4-6-13(18-3)7-5-12/h4-7,11H,8-10H2,1-3H3,(H,15,16)/t11-/m1/s1. The number of ether oxygens (including phenoxy) is 2. The lowest BCUT2D eigenvalue weighted by atomic mass is 9.98. The highest BCUT2D eigenvalue weighted by molar-refractivity contribution is 5.77. The van der Waals surface area contributed by atoms with Gasteiger partial charge in [-0.3, -0.25) is 4.79 Å². The Morgan fingerprint density at radius 2 is 1.94 bits per heavy atom. The van der Waals surface area contributed by atoms with Gasteiger partial charge in [0, 0.05) is 13.7 Å². The Bertz CT molecular complexity index is 362. The summed E-state index contributed by atoms with van der Waals surface area (Å²) in [6, 6.07) is 8.02. The van der Waals surface area contributed by atoms with E-state index in [4.69, 9.17) is 9.47 Å². The van der Waals surface area contributed by atoms with Crippen molar-refractivity contribution in [1.29, 1.82) is 0 Å². The Hall–Kier alpha value is -1.55. The summed E-state index contributed by atoms with van der Waals surface area (Å²) in [5.41, 5.74) is 1.25. The van der Waals surface area contributed by atoms with Crippen LogP contribution >= 0.6 is 0 Å². The highest BCUT2D eigenvalue weighted by atomic mass is 16.5. The maximum absolute atomic E-state index is 11.2. The first-order chi connectivity index (χ1) is 8.67. The molecule has 0 saturated carbocycles. The van der Waals surface area contributed by atoms with E-state index in [2.05, 4.69) is 24.4 Å². The first-order valence-corrected chi connectivity index (χ1v) is 6.07. The molecule has 1 N–H and O–H groups in total. The van der Waals surface area contributed by atoms with Crippen molar-refractivity contribution in [2.24, 2.45) is 0 Å². The van der Waals surface area contributed by atoms with E-state index in [-0.39, 0.29) is 12.5 Å². The van der Waals surface area contributed by atoms with Crippen LogP contribution in [0.5, 0.6) is 5.75 Å². The Kier molecular flexibility index (Phi) is 6.22. The minimum absolute atomic E-state index is 0.0700. The normalized spacial score (nSPS) is 11.9. The Morgan fingerprint density at radius 3 is 2.50 bits per heavy atom. The Balaban J connectivity index is 2.35. The summed E-state index contributed by atoms with van der Waals surface area (Å²) in [7, 11) is 3.17. The molecule has 0 fully saturated rings. The molecular formula is C14H21NO3. The fourth-order valence-electron chi connectivity index (χ4n) is 1.71. The van der Waals surface area contributed by atoms with Crippen LogP contribution in [0.4, 0.5) is 0 Å². The topological polar surface area (TPSA) is 47.6 Å². The third kappa shape index (κ3) is 4.75. The molecule has 100 valence electrons. The van der Waals surface area contributed by atoms with Gasteiger partial charge in [-0.1, -0.05) is 19.1 Å². The van der Waals surface area contributed by atoms with Gasteiger partial charge in [0.25, 0.3) is 0 Å². The first kappa shape index (κ1) is 14.5. The summed E-state index contributed by atoms with van der Waals surface area (Å²) >= 11 is 0. The van der Waals surface area contributed by atoms with Crippen LogP contribution in [-0.2, 0) is 9.53 Å². The van der Waals surface area contributed by atoms with Gasteiger partial charge in [0.2, 0.25) is 5.91 Å². The third-order valence-corrected chi connectivity index (χ3v) is 2.86. The minimum atomic E-state index is -0.0700. The lowest BCUT2D eigenvalue weighted by Crippen LogP contribution is -2.28. The summed E-state index contributed by atoms with van der Waals surface area (Å²) in [6.45, 7) is 2.93. The van der Waals surface area contributed by atoms with Crippen LogP contribution in [0.1, 0.15) is 24.8 Å². The lowest BCUT2D eigenvalue weighted by molar-refractivity contribution is -0.124. The quantitative estimate of drug-likeness (QED) is 0.805. The molecule has 0 bridgehead atoms. The Labute approximate surface area is 108 Å². The predicted molar refractivity (Wildman–Crippen MR) is 70.9 cm³/mol. The molecule has 0 heterocycles. The molecule has 0 unspecified atom stereocenters. The molecular weight excluding hydrogens is 230 g/mol. The molecule has 1 aromatic rings.